The van der Waals surface area contributed by atoms with Gasteiger partial charge in [0.05, 0.1) is 31.5 Å². The van der Waals surface area contributed by atoms with Crippen LogP contribution >= 0.6 is 47.4 Å². The molecular formula is C39H42Cl2N2P2RuS+4. The molecule has 0 fully saturated rings. The third-order valence-electron chi connectivity index (χ3n) is 8.15. The fourth-order valence-electron chi connectivity index (χ4n) is 5.76. The molecule has 0 aliphatic carbocycles. The predicted octanol–water partition coefficient (Wildman–Crippen LogP) is 9.72. The first kappa shape index (κ1) is 37.7. The third-order valence-corrected chi connectivity index (χ3v) is 11.5. The van der Waals surface area contributed by atoms with Gasteiger partial charge in [-0.05, 0) is 44.8 Å². The fraction of sp³-hybridized carbons (Fsp3) is 0.154. The summed E-state index contributed by atoms with van der Waals surface area (Å²) in [5, 5.41) is 7.99. The maximum absolute atomic E-state index is 6.29. The molecule has 8 heteroatoms. The molecule has 0 heterocycles. The Morgan fingerprint density at radius 2 is 0.851 bits per heavy atom. The van der Waals surface area contributed by atoms with E-state index in [1.807, 2.05) is 60.7 Å². The van der Waals surface area contributed by atoms with Crippen LogP contribution in [0.3, 0.4) is 0 Å². The van der Waals surface area contributed by atoms with Crippen molar-refractivity contribution in [3.8, 4) is 0 Å². The van der Waals surface area contributed by atoms with E-state index in [1.165, 1.54) is 43.3 Å². The van der Waals surface area contributed by atoms with Gasteiger partial charge in [-0.25, -0.2) is 0 Å². The minimum atomic E-state index is -0.648. The molecule has 0 bridgehead atoms. The predicted molar refractivity (Wildman–Crippen MR) is 217 cm³/mol. The number of hydrogen-bond acceptors (Lipinski definition) is 3. The molecule has 2 unspecified atom stereocenters. The van der Waals surface area contributed by atoms with Gasteiger partial charge in [0.2, 0.25) is 0 Å². The van der Waals surface area contributed by atoms with Gasteiger partial charge < -0.3 is 11.5 Å². The van der Waals surface area contributed by atoms with Crippen molar-refractivity contribution in [2.75, 3.05) is 26.7 Å². The Kier molecular flexibility index (Phi) is 14.9. The van der Waals surface area contributed by atoms with Crippen LogP contribution < -0.4 is 22.1 Å². The number of halogens is 2. The van der Waals surface area contributed by atoms with Crippen molar-refractivity contribution in [1.29, 1.82) is 0 Å². The zero-order valence-corrected chi connectivity index (χ0v) is 33.1. The summed E-state index contributed by atoms with van der Waals surface area (Å²) in [6, 6.07) is 46.1. The molecule has 0 aliphatic heterocycles. The van der Waals surface area contributed by atoms with Gasteiger partial charge in [-0.3, -0.25) is 0 Å². The first-order valence-electron chi connectivity index (χ1n) is 15.3. The van der Waals surface area contributed by atoms with Crippen molar-refractivity contribution in [3.05, 3.63) is 156 Å². The molecule has 242 valence electrons. The zero-order valence-electron chi connectivity index (χ0n) is 27.0. The molecule has 6 aromatic carbocycles. The average molecular weight is 805 g/mol. The Balaban J connectivity index is 0.000000223. The number of fused-ring (bicyclic) bond motifs is 2. The van der Waals surface area contributed by atoms with Crippen LogP contribution in [-0.4, -0.2) is 31.5 Å². The molecule has 0 radical (unpaired) electrons. The van der Waals surface area contributed by atoms with E-state index in [1.54, 1.807) is 0 Å². The minimum absolute atomic E-state index is 0.163. The molecule has 2 nitrogen and oxygen atoms in total. The quantitative estimate of drug-likeness (QED) is 0.0732. The van der Waals surface area contributed by atoms with Crippen LogP contribution in [0.1, 0.15) is 34.3 Å². The molecule has 0 aromatic heterocycles. The summed E-state index contributed by atoms with van der Waals surface area (Å²) in [5.41, 5.74) is 17.0. The van der Waals surface area contributed by atoms with E-state index in [0.717, 1.165) is 16.0 Å². The summed E-state index contributed by atoms with van der Waals surface area (Å²) in [5.74, 6) is 0. The molecular weight excluding hydrogens is 762 g/mol. The summed E-state index contributed by atoms with van der Waals surface area (Å²) >= 11 is 5.94. The Morgan fingerprint density at radius 3 is 1.19 bits per heavy atom. The van der Waals surface area contributed by atoms with Crippen LogP contribution in [0.15, 0.2) is 133 Å². The van der Waals surface area contributed by atoms with Gasteiger partial charge >= 0.3 is 34.5 Å². The molecule has 0 saturated heterocycles. The number of hydrogen-bond donors (Lipinski definition) is 2. The van der Waals surface area contributed by atoms with Crippen molar-refractivity contribution >= 4 is 84.5 Å². The molecule has 0 amide bonds. The van der Waals surface area contributed by atoms with Crippen molar-refractivity contribution in [2.45, 2.75) is 12.1 Å². The monoisotopic (exact) mass is 804 g/mol. The van der Waals surface area contributed by atoms with E-state index in [0.29, 0.717) is 0 Å². The first-order chi connectivity index (χ1) is 22.7. The van der Waals surface area contributed by atoms with E-state index in [4.69, 9.17) is 43.1 Å². The fourth-order valence-corrected chi connectivity index (χ4v) is 8.73. The Morgan fingerprint density at radius 1 is 0.532 bits per heavy atom. The molecule has 4 N–H and O–H groups in total. The molecule has 6 aromatic rings. The number of thiocarbonyl (C=S) groups is 1. The molecule has 2 atom stereocenters. The van der Waals surface area contributed by atoms with Crippen LogP contribution in [-0.2, 0) is 15.1 Å². The van der Waals surface area contributed by atoms with E-state index < -0.39 is 15.8 Å². The van der Waals surface area contributed by atoms with Crippen molar-refractivity contribution < 1.29 is 15.1 Å². The molecule has 6 rings (SSSR count). The average Bonchev–Trinajstić information content (AvgIpc) is 3.11. The first-order valence-corrected chi connectivity index (χ1v) is 25.2. The maximum atomic E-state index is 6.29. The second-order valence-corrected chi connectivity index (χ2v) is 19.8. The Labute approximate surface area is 303 Å². The third kappa shape index (κ3) is 9.54. The molecule has 0 spiro atoms. The van der Waals surface area contributed by atoms with E-state index in [9.17, 15) is 0 Å². The second kappa shape index (κ2) is 18.6. The van der Waals surface area contributed by atoms with Gasteiger partial charge in [-0.15, -0.1) is 0 Å². The van der Waals surface area contributed by atoms with Crippen molar-refractivity contribution in [1.82, 2.24) is 0 Å². The number of benzene rings is 6. The summed E-state index contributed by atoms with van der Waals surface area (Å²) in [4.78, 5) is 1.02. The second-order valence-electron chi connectivity index (χ2n) is 11.7. The van der Waals surface area contributed by atoms with Crippen LogP contribution in [0.25, 0.3) is 21.5 Å². The number of nitrogens with two attached hydrogens (primary N) is 2. The Hall–Kier alpha value is -2.09. The van der Waals surface area contributed by atoms with Crippen LogP contribution in [0, 0.1) is 0 Å². The SMILES string of the molecule is C[PH+](C)c1ccc2ccccc2c1C(=S)c1c([PH+](C)C)ccc2ccccc12.NC(c1ccccc1)C(N)c1ccccc1.[Cl][Ru+2][Cl]. The van der Waals surface area contributed by atoms with E-state index >= 15 is 0 Å². The van der Waals surface area contributed by atoms with E-state index in [2.05, 4.69) is 99.5 Å². The number of rotatable bonds is 7. The zero-order chi connectivity index (χ0) is 33.9. The molecule has 0 aliphatic rings. The summed E-state index contributed by atoms with van der Waals surface area (Å²) in [7, 11) is 8.41. The van der Waals surface area contributed by atoms with Gasteiger partial charge in [0, 0.05) is 39.1 Å². The van der Waals surface area contributed by atoms with Crippen LogP contribution in [0.4, 0.5) is 0 Å². The molecule has 0 saturated carbocycles. The topological polar surface area (TPSA) is 52.0 Å². The van der Waals surface area contributed by atoms with Crippen molar-refractivity contribution in [3.63, 3.8) is 0 Å². The van der Waals surface area contributed by atoms with Gasteiger partial charge in [0.25, 0.3) is 0 Å². The van der Waals surface area contributed by atoms with Crippen LogP contribution in [0.5, 0.6) is 0 Å². The summed E-state index contributed by atoms with van der Waals surface area (Å²) in [6.45, 7) is 9.44. The van der Waals surface area contributed by atoms with E-state index in [-0.39, 0.29) is 27.2 Å². The van der Waals surface area contributed by atoms with Gasteiger partial charge in [0.15, 0.2) is 0 Å². The summed E-state index contributed by atoms with van der Waals surface area (Å²) in [6.07, 6.45) is 0. The van der Waals surface area contributed by atoms with Gasteiger partial charge in [0.1, 0.15) is 10.6 Å². The summed E-state index contributed by atoms with van der Waals surface area (Å²) < 4.78 is 0. The van der Waals surface area contributed by atoms with Gasteiger partial charge in [-0.1, -0.05) is 134 Å². The normalized spacial score (nSPS) is 12.2. The standard InChI is InChI=1S/C25H24P2S.C14H16N2.2ClH.Ru/c1-26(2)21-15-13-17-9-5-7-11-19(17)23(21)25(28)24-20-12-8-6-10-18(20)14-16-22(24)27(3)4;15-13(11-7-3-1-4-8-11)14(16)12-9-5-2-6-10-12;;;/h5-16H,1-4H3;1-10,13-14H,15-16H2;2*1H;/q;;;;+4. The van der Waals surface area contributed by atoms with Crippen LogP contribution in [0.2, 0.25) is 0 Å². The Bertz CT molecular complexity index is 1770. The van der Waals surface area contributed by atoms with Crippen molar-refractivity contribution in [2.24, 2.45) is 11.5 Å². The van der Waals surface area contributed by atoms with Gasteiger partial charge in [-0.2, -0.15) is 0 Å². The molecule has 47 heavy (non-hydrogen) atoms.